The zero-order chi connectivity index (χ0) is 15.1. The van der Waals surface area contributed by atoms with Gasteiger partial charge in [-0.25, -0.2) is 0 Å². The normalized spacial score (nSPS) is 15.7. The molecule has 116 valence electrons. The highest BCUT2D eigenvalue weighted by Crippen LogP contribution is 2.28. The number of carbonyl (C=O) groups excluding carboxylic acids is 1. The lowest BCUT2D eigenvalue weighted by Gasteiger charge is -2.14. The summed E-state index contributed by atoms with van der Waals surface area (Å²) < 4.78 is 5.15. The van der Waals surface area contributed by atoms with Crippen LogP contribution in [0.5, 0.6) is 0 Å². The Morgan fingerprint density at radius 2 is 2.05 bits per heavy atom. The molecule has 1 aromatic carbocycles. The smallest absolute Gasteiger partial charge is 0.319 e. The number of thioether (sulfide) groups is 1. The van der Waals surface area contributed by atoms with Crippen molar-refractivity contribution in [1.29, 1.82) is 0 Å². The molecule has 0 saturated heterocycles. The van der Waals surface area contributed by atoms with Crippen molar-refractivity contribution < 1.29 is 9.53 Å². The molecule has 1 N–H and O–H groups in total. The molecule has 1 aromatic rings. The highest BCUT2D eigenvalue weighted by Gasteiger charge is 2.21. The van der Waals surface area contributed by atoms with Crippen molar-refractivity contribution in [2.45, 2.75) is 62.3 Å². The Kier molecular flexibility index (Phi) is 6.58. The third kappa shape index (κ3) is 5.71. The Morgan fingerprint density at radius 1 is 1.33 bits per heavy atom. The quantitative estimate of drug-likeness (QED) is 0.557. The van der Waals surface area contributed by atoms with Gasteiger partial charge in [-0.3, -0.25) is 4.79 Å². The van der Waals surface area contributed by atoms with Crippen LogP contribution in [0.2, 0.25) is 0 Å². The standard InChI is InChI=1S/C17H25NO2S/c1-3-5-16(17(19)20-4-2)21-15-10-6-13(7-11-15)12-18-14-8-9-14/h6-7,10-11,14,16,18H,3-5,8-9,12H2,1-2H3. The van der Waals surface area contributed by atoms with Crippen LogP contribution in [0.25, 0.3) is 0 Å². The van der Waals surface area contributed by atoms with Gasteiger partial charge < -0.3 is 10.1 Å². The first-order chi connectivity index (χ1) is 10.2. The lowest BCUT2D eigenvalue weighted by molar-refractivity contribution is -0.142. The van der Waals surface area contributed by atoms with Crippen LogP contribution in [-0.4, -0.2) is 23.9 Å². The number of carbonyl (C=O) groups is 1. The summed E-state index contributed by atoms with van der Waals surface area (Å²) in [6.45, 7) is 5.34. The number of rotatable bonds is 9. The molecule has 21 heavy (non-hydrogen) atoms. The second-order valence-electron chi connectivity index (χ2n) is 5.45. The average molecular weight is 307 g/mol. The summed E-state index contributed by atoms with van der Waals surface area (Å²) in [6, 6.07) is 9.24. The first-order valence-corrected chi connectivity index (χ1v) is 8.76. The Hall–Kier alpha value is -1.00. The molecule has 2 rings (SSSR count). The van der Waals surface area contributed by atoms with E-state index in [1.807, 2.05) is 6.92 Å². The summed E-state index contributed by atoms with van der Waals surface area (Å²) in [5.74, 6) is -0.0937. The molecule has 1 aliphatic rings. The fourth-order valence-electron chi connectivity index (χ4n) is 2.12. The Bertz CT molecular complexity index is 443. The molecular weight excluding hydrogens is 282 g/mol. The summed E-state index contributed by atoms with van der Waals surface area (Å²) in [7, 11) is 0. The molecule has 0 radical (unpaired) electrons. The maximum Gasteiger partial charge on any atom is 0.319 e. The number of esters is 1. The van der Waals surface area contributed by atoms with Crippen LogP contribution in [-0.2, 0) is 16.1 Å². The maximum absolute atomic E-state index is 11.9. The van der Waals surface area contributed by atoms with Gasteiger partial charge >= 0.3 is 5.97 Å². The van der Waals surface area contributed by atoms with Gasteiger partial charge in [-0.2, -0.15) is 0 Å². The molecule has 0 amide bonds. The predicted molar refractivity (Wildman–Crippen MR) is 87.5 cm³/mol. The van der Waals surface area contributed by atoms with Crippen molar-refractivity contribution in [3.05, 3.63) is 29.8 Å². The molecule has 1 saturated carbocycles. The largest absolute Gasteiger partial charge is 0.465 e. The summed E-state index contributed by atoms with van der Waals surface area (Å²) >= 11 is 1.61. The number of hydrogen-bond acceptors (Lipinski definition) is 4. The average Bonchev–Trinajstić information content (AvgIpc) is 3.30. The maximum atomic E-state index is 11.9. The van der Waals surface area contributed by atoms with Gasteiger partial charge in [-0.05, 0) is 43.9 Å². The van der Waals surface area contributed by atoms with Crippen LogP contribution in [0.3, 0.4) is 0 Å². The monoisotopic (exact) mass is 307 g/mol. The summed E-state index contributed by atoms with van der Waals surface area (Å²) in [4.78, 5) is 13.1. The van der Waals surface area contributed by atoms with E-state index < -0.39 is 0 Å². The molecule has 1 atom stereocenters. The molecule has 0 aromatic heterocycles. The minimum Gasteiger partial charge on any atom is -0.465 e. The van der Waals surface area contributed by atoms with Gasteiger partial charge in [0.05, 0.1) is 6.61 Å². The van der Waals surface area contributed by atoms with Gasteiger partial charge in [0.2, 0.25) is 0 Å². The van der Waals surface area contributed by atoms with Crippen LogP contribution in [0.4, 0.5) is 0 Å². The second-order valence-corrected chi connectivity index (χ2v) is 6.72. The van der Waals surface area contributed by atoms with Gasteiger partial charge in [0.1, 0.15) is 5.25 Å². The summed E-state index contributed by atoms with van der Waals surface area (Å²) in [6.07, 6.45) is 4.46. The van der Waals surface area contributed by atoms with Crippen molar-refractivity contribution in [3.63, 3.8) is 0 Å². The van der Waals surface area contributed by atoms with Crippen molar-refractivity contribution in [2.24, 2.45) is 0 Å². The molecule has 3 nitrogen and oxygen atoms in total. The van der Waals surface area contributed by atoms with Gasteiger partial charge in [-0.1, -0.05) is 25.5 Å². The first-order valence-electron chi connectivity index (χ1n) is 7.88. The molecule has 0 spiro atoms. The molecule has 1 aliphatic carbocycles. The fourth-order valence-corrected chi connectivity index (χ4v) is 3.26. The van der Waals surface area contributed by atoms with Crippen LogP contribution >= 0.6 is 11.8 Å². The Labute approximate surface area is 131 Å². The van der Waals surface area contributed by atoms with E-state index in [1.165, 1.54) is 18.4 Å². The summed E-state index contributed by atoms with van der Waals surface area (Å²) in [5.41, 5.74) is 1.30. The molecule has 4 heteroatoms. The van der Waals surface area contributed by atoms with Crippen LogP contribution in [0.15, 0.2) is 29.2 Å². The third-order valence-electron chi connectivity index (χ3n) is 3.47. The van der Waals surface area contributed by atoms with Crippen molar-refractivity contribution in [3.8, 4) is 0 Å². The van der Waals surface area contributed by atoms with E-state index >= 15 is 0 Å². The number of nitrogens with one attached hydrogen (secondary N) is 1. The molecule has 1 fully saturated rings. The fraction of sp³-hybridized carbons (Fsp3) is 0.588. The van der Waals surface area contributed by atoms with E-state index in [4.69, 9.17) is 4.74 Å². The van der Waals surface area contributed by atoms with Crippen LogP contribution < -0.4 is 5.32 Å². The third-order valence-corrected chi connectivity index (χ3v) is 4.73. The molecule has 0 aliphatic heterocycles. The topological polar surface area (TPSA) is 38.3 Å². The van der Waals surface area contributed by atoms with E-state index in [0.717, 1.165) is 30.3 Å². The molecule has 0 bridgehead atoms. The summed E-state index contributed by atoms with van der Waals surface area (Å²) in [5, 5.41) is 3.42. The van der Waals surface area contributed by atoms with E-state index in [-0.39, 0.29) is 11.2 Å². The number of benzene rings is 1. The molecule has 0 heterocycles. The Morgan fingerprint density at radius 3 is 2.62 bits per heavy atom. The van der Waals surface area contributed by atoms with Crippen LogP contribution in [0.1, 0.15) is 45.1 Å². The van der Waals surface area contributed by atoms with E-state index in [2.05, 4.69) is 36.5 Å². The first kappa shape index (κ1) is 16.4. The number of hydrogen-bond donors (Lipinski definition) is 1. The zero-order valence-electron chi connectivity index (χ0n) is 12.9. The van der Waals surface area contributed by atoms with Crippen LogP contribution in [0, 0.1) is 0 Å². The minimum atomic E-state index is -0.0937. The lowest BCUT2D eigenvalue weighted by Crippen LogP contribution is -2.20. The van der Waals surface area contributed by atoms with E-state index in [0.29, 0.717) is 6.61 Å². The number of ether oxygens (including phenoxy) is 1. The van der Waals surface area contributed by atoms with E-state index in [1.54, 1.807) is 11.8 Å². The van der Waals surface area contributed by atoms with Crippen molar-refractivity contribution in [1.82, 2.24) is 5.32 Å². The lowest BCUT2D eigenvalue weighted by atomic mass is 10.2. The minimum absolute atomic E-state index is 0.0922. The Balaban J connectivity index is 1.87. The van der Waals surface area contributed by atoms with Gasteiger partial charge in [0, 0.05) is 17.5 Å². The predicted octanol–water partition coefficient (Wildman–Crippen LogP) is 3.76. The highest BCUT2D eigenvalue weighted by molar-refractivity contribution is 8.00. The zero-order valence-corrected chi connectivity index (χ0v) is 13.7. The van der Waals surface area contributed by atoms with Crippen molar-refractivity contribution >= 4 is 17.7 Å². The van der Waals surface area contributed by atoms with E-state index in [9.17, 15) is 4.79 Å². The molecule has 1 unspecified atom stereocenters. The van der Waals surface area contributed by atoms with Gasteiger partial charge in [-0.15, -0.1) is 11.8 Å². The SMILES string of the molecule is CCCC(Sc1ccc(CNC2CC2)cc1)C(=O)OCC. The van der Waals surface area contributed by atoms with Gasteiger partial charge in [0.25, 0.3) is 0 Å². The van der Waals surface area contributed by atoms with Crippen molar-refractivity contribution in [2.75, 3.05) is 6.61 Å². The molecular formula is C17H25NO2S. The second kappa shape index (κ2) is 8.44. The van der Waals surface area contributed by atoms with Gasteiger partial charge in [0.15, 0.2) is 0 Å². The highest BCUT2D eigenvalue weighted by atomic mass is 32.2.